The van der Waals surface area contributed by atoms with Gasteiger partial charge in [-0.25, -0.2) is 0 Å². The molecule has 92 valence electrons. The van der Waals surface area contributed by atoms with Crippen LogP contribution in [-0.2, 0) is 0 Å². The first-order valence-corrected chi connectivity index (χ1v) is 7.32. The van der Waals surface area contributed by atoms with E-state index in [1.165, 1.54) is 3.57 Å². The van der Waals surface area contributed by atoms with E-state index in [0.29, 0.717) is 10.7 Å². The number of hydrogen-bond acceptors (Lipinski definition) is 3. The van der Waals surface area contributed by atoms with Gasteiger partial charge in [0.25, 0.3) is 0 Å². The van der Waals surface area contributed by atoms with Gasteiger partial charge in [0.2, 0.25) is 0 Å². The second-order valence-electron chi connectivity index (χ2n) is 3.54. The highest BCUT2D eigenvalue weighted by Crippen LogP contribution is 2.27. The predicted octanol–water partition coefficient (Wildman–Crippen LogP) is 3.83. The predicted molar refractivity (Wildman–Crippen MR) is 90.3 cm³/mol. The van der Waals surface area contributed by atoms with Crippen LogP contribution in [0.5, 0.6) is 0 Å². The number of hydrogen-bond donors (Lipinski definition) is 2. The molecule has 0 bridgehead atoms. The van der Waals surface area contributed by atoms with Crippen molar-refractivity contribution < 1.29 is 0 Å². The number of nitrogens with two attached hydrogens (primary N) is 1. The third-order valence-electron chi connectivity index (χ3n) is 2.22. The fourth-order valence-electron chi connectivity index (χ4n) is 1.39. The van der Waals surface area contributed by atoms with Gasteiger partial charge >= 0.3 is 0 Å². The summed E-state index contributed by atoms with van der Waals surface area (Å²) in [5.74, 6) is 0. The number of aromatic nitrogens is 1. The molecule has 0 fully saturated rings. The fraction of sp³-hybridized carbons (Fsp3) is 0. The average Bonchev–Trinajstić information content (AvgIpc) is 2.33. The van der Waals surface area contributed by atoms with Crippen molar-refractivity contribution in [2.75, 3.05) is 5.32 Å². The normalized spacial score (nSPS) is 10.1. The number of benzene rings is 1. The highest BCUT2D eigenvalue weighted by Gasteiger charge is 2.03. The lowest BCUT2D eigenvalue weighted by Gasteiger charge is -2.09. The van der Waals surface area contributed by atoms with Crippen LogP contribution in [0.2, 0.25) is 0 Å². The summed E-state index contributed by atoms with van der Waals surface area (Å²) in [5.41, 5.74) is 8.04. The first-order chi connectivity index (χ1) is 8.56. The molecule has 1 heterocycles. The molecule has 1 aromatic heterocycles. The molecule has 2 rings (SSSR count). The molecule has 0 aliphatic rings. The van der Waals surface area contributed by atoms with E-state index >= 15 is 0 Å². The van der Waals surface area contributed by atoms with E-state index in [-0.39, 0.29) is 0 Å². The Labute approximate surface area is 132 Å². The average molecular weight is 434 g/mol. The van der Waals surface area contributed by atoms with Crippen LogP contribution in [0, 0.1) is 3.57 Å². The lowest BCUT2D eigenvalue weighted by Crippen LogP contribution is -2.11. The van der Waals surface area contributed by atoms with Gasteiger partial charge in [0.15, 0.2) is 0 Å². The van der Waals surface area contributed by atoms with Crippen LogP contribution in [0.15, 0.2) is 41.0 Å². The van der Waals surface area contributed by atoms with Gasteiger partial charge in [-0.1, -0.05) is 12.2 Å². The molecule has 1 aromatic carbocycles. The lowest BCUT2D eigenvalue weighted by molar-refractivity contribution is 1.29. The zero-order valence-corrected chi connectivity index (χ0v) is 13.7. The fourth-order valence-corrected chi connectivity index (χ4v) is 2.90. The number of nitrogens with zero attached hydrogens (tertiary/aromatic N) is 1. The van der Waals surface area contributed by atoms with Crippen molar-refractivity contribution >= 4 is 67.1 Å². The topological polar surface area (TPSA) is 50.9 Å². The maximum Gasteiger partial charge on any atom is 0.122 e. The van der Waals surface area contributed by atoms with E-state index in [2.05, 4.69) is 48.8 Å². The summed E-state index contributed by atoms with van der Waals surface area (Å²) in [7, 11) is 0. The Morgan fingerprint density at radius 3 is 2.78 bits per heavy atom. The monoisotopic (exact) mass is 433 g/mol. The summed E-state index contributed by atoms with van der Waals surface area (Å²) in [5, 5.41) is 3.29. The molecule has 0 saturated heterocycles. The molecule has 0 unspecified atom stereocenters. The number of thiocarbonyl (C=S) groups is 1. The van der Waals surface area contributed by atoms with Crippen LogP contribution in [0.3, 0.4) is 0 Å². The quantitative estimate of drug-likeness (QED) is 0.570. The molecule has 2 aromatic rings. The van der Waals surface area contributed by atoms with Gasteiger partial charge in [-0.05, 0) is 68.9 Å². The number of rotatable bonds is 3. The maximum absolute atomic E-state index is 5.56. The second kappa shape index (κ2) is 5.94. The van der Waals surface area contributed by atoms with Crippen molar-refractivity contribution in [2.24, 2.45) is 5.73 Å². The molecule has 0 saturated carbocycles. The van der Waals surface area contributed by atoms with Crippen molar-refractivity contribution in [3.05, 3.63) is 50.3 Å². The first-order valence-electron chi connectivity index (χ1n) is 5.04. The van der Waals surface area contributed by atoms with Crippen LogP contribution in [-0.4, -0.2) is 9.97 Å². The van der Waals surface area contributed by atoms with E-state index in [1.807, 2.05) is 30.3 Å². The van der Waals surface area contributed by atoms with E-state index in [4.69, 9.17) is 18.0 Å². The molecule has 0 radical (unpaired) electrons. The molecular formula is C12H9BrIN3S. The van der Waals surface area contributed by atoms with Gasteiger partial charge in [-0.2, -0.15) is 0 Å². The van der Waals surface area contributed by atoms with E-state index in [1.54, 1.807) is 6.20 Å². The van der Waals surface area contributed by atoms with Crippen molar-refractivity contribution in [3.8, 4) is 0 Å². The number of nitrogens with one attached hydrogen (secondary N) is 1. The molecule has 0 aliphatic carbocycles. The van der Waals surface area contributed by atoms with Crippen molar-refractivity contribution in [3.63, 3.8) is 0 Å². The van der Waals surface area contributed by atoms with E-state index in [9.17, 15) is 0 Å². The Hall–Kier alpha value is -0.730. The van der Waals surface area contributed by atoms with Gasteiger partial charge in [-0.3, -0.25) is 4.98 Å². The van der Waals surface area contributed by atoms with Gasteiger partial charge in [0.1, 0.15) is 4.99 Å². The van der Waals surface area contributed by atoms with Crippen LogP contribution in [0.4, 0.5) is 11.4 Å². The number of halogens is 2. The van der Waals surface area contributed by atoms with Gasteiger partial charge in [0.05, 0.1) is 11.4 Å². The van der Waals surface area contributed by atoms with Gasteiger partial charge in [0, 0.05) is 19.9 Å². The first kappa shape index (κ1) is 13.7. The summed E-state index contributed by atoms with van der Waals surface area (Å²) in [6.07, 6.45) is 1.68. The molecule has 3 N–H and O–H groups in total. The zero-order valence-electron chi connectivity index (χ0n) is 9.15. The van der Waals surface area contributed by atoms with E-state index < -0.39 is 0 Å². The Balaban J connectivity index is 2.28. The summed E-state index contributed by atoms with van der Waals surface area (Å²) < 4.78 is 2.17. The van der Waals surface area contributed by atoms with Crippen molar-refractivity contribution in [2.45, 2.75) is 0 Å². The Kier molecular flexibility index (Phi) is 4.52. The third kappa shape index (κ3) is 3.39. The Morgan fingerprint density at radius 1 is 1.33 bits per heavy atom. The third-order valence-corrected chi connectivity index (χ3v) is 3.76. The summed E-state index contributed by atoms with van der Waals surface area (Å²) in [6, 6.07) is 9.77. The smallest absolute Gasteiger partial charge is 0.122 e. The second-order valence-corrected chi connectivity index (χ2v) is 6.08. The molecule has 0 spiro atoms. The summed E-state index contributed by atoms with van der Waals surface area (Å²) >= 11 is 10.7. The molecule has 18 heavy (non-hydrogen) atoms. The Bertz CT molecular complexity index is 604. The summed E-state index contributed by atoms with van der Waals surface area (Å²) in [4.78, 5) is 4.39. The number of pyridine rings is 1. The minimum Gasteiger partial charge on any atom is -0.388 e. The molecule has 0 atom stereocenters. The van der Waals surface area contributed by atoms with Crippen LogP contribution >= 0.6 is 50.7 Å². The zero-order chi connectivity index (χ0) is 13.1. The van der Waals surface area contributed by atoms with Gasteiger partial charge < -0.3 is 11.1 Å². The SMILES string of the molecule is NC(=S)c1cc(Nc2ccc(I)cc2Br)ccn1. The minimum absolute atomic E-state index is 0.292. The highest BCUT2D eigenvalue weighted by atomic mass is 127. The molecule has 0 aliphatic heterocycles. The maximum atomic E-state index is 5.56. The van der Waals surface area contributed by atoms with E-state index in [0.717, 1.165) is 15.8 Å². The minimum atomic E-state index is 0.292. The highest BCUT2D eigenvalue weighted by molar-refractivity contribution is 14.1. The number of anilines is 2. The van der Waals surface area contributed by atoms with Crippen LogP contribution < -0.4 is 11.1 Å². The largest absolute Gasteiger partial charge is 0.388 e. The van der Waals surface area contributed by atoms with Gasteiger partial charge in [-0.15, -0.1) is 0 Å². The van der Waals surface area contributed by atoms with Crippen molar-refractivity contribution in [1.82, 2.24) is 4.98 Å². The Morgan fingerprint density at radius 2 is 2.11 bits per heavy atom. The molecule has 0 amide bonds. The molecular weight excluding hydrogens is 425 g/mol. The van der Waals surface area contributed by atoms with Crippen molar-refractivity contribution in [1.29, 1.82) is 0 Å². The summed E-state index contributed by atoms with van der Waals surface area (Å²) in [6.45, 7) is 0. The lowest BCUT2D eigenvalue weighted by atomic mass is 10.2. The van der Waals surface area contributed by atoms with Crippen LogP contribution in [0.25, 0.3) is 0 Å². The molecule has 6 heteroatoms. The standard InChI is InChI=1S/C12H9BrIN3S/c13-9-5-7(14)1-2-10(9)17-8-3-4-16-11(6-8)12(15)18/h1-6H,(H2,15,18)(H,16,17). The van der Waals surface area contributed by atoms with Crippen LogP contribution in [0.1, 0.15) is 5.69 Å². The molecule has 3 nitrogen and oxygen atoms in total.